The van der Waals surface area contributed by atoms with Gasteiger partial charge in [0.2, 0.25) is 9.74 Å². The number of aromatic nitrogens is 3. The minimum atomic E-state index is -1.70. The molecule has 152 valence electrons. The number of ether oxygens (including phenoxy) is 1. The van der Waals surface area contributed by atoms with Crippen LogP contribution in [0.5, 0.6) is 5.75 Å². The first-order chi connectivity index (χ1) is 13.4. The first kappa shape index (κ1) is 21.4. The average molecular weight is 445 g/mol. The normalized spacial score (nSPS) is 15.0. The van der Waals surface area contributed by atoms with Crippen LogP contribution in [0.3, 0.4) is 0 Å². The van der Waals surface area contributed by atoms with Crippen molar-refractivity contribution >= 4 is 40.8 Å². The van der Waals surface area contributed by atoms with Crippen molar-refractivity contribution < 1.29 is 4.74 Å². The maximum Gasteiger partial charge on any atom is 0.250 e. The smallest absolute Gasteiger partial charge is 0.250 e. The molecule has 0 saturated carbocycles. The highest BCUT2D eigenvalue weighted by Crippen LogP contribution is 2.36. The Kier molecular flexibility index (Phi) is 7.57. The number of hydrogen-bond acceptors (Lipinski definition) is 6. The van der Waals surface area contributed by atoms with Gasteiger partial charge >= 0.3 is 0 Å². The molecule has 1 N–H and O–H groups in total. The Morgan fingerprint density at radius 1 is 1.07 bits per heavy atom. The molecule has 0 unspecified atom stereocenters. The molecule has 2 aromatic rings. The second kappa shape index (κ2) is 9.92. The van der Waals surface area contributed by atoms with Crippen LogP contribution in [-0.2, 0) is 10.2 Å². The van der Waals surface area contributed by atoms with Gasteiger partial charge in [-0.3, -0.25) is 0 Å². The van der Waals surface area contributed by atoms with Gasteiger partial charge in [-0.25, -0.2) is 4.98 Å². The molecular weight excluding hydrogens is 421 g/mol. The van der Waals surface area contributed by atoms with Crippen LogP contribution in [0.1, 0.15) is 36.5 Å². The van der Waals surface area contributed by atoms with Crippen molar-refractivity contribution in [2.75, 3.05) is 38.6 Å². The van der Waals surface area contributed by atoms with Gasteiger partial charge in [-0.2, -0.15) is 9.97 Å². The lowest BCUT2D eigenvalue weighted by Gasteiger charge is -2.15. The number of likely N-dealkylation sites (tertiary alicyclic amines) is 1. The molecule has 0 aliphatic carbocycles. The first-order valence-corrected chi connectivity index (χ1v) is 10.5. The molecule has 0 spiro atoms. The van der Waals surface area contributed by atoms with Gasteiger partial charge in [-0.15, -0.1) is 0 Å². The fourth-order valence-electron chi connectivity index (χ4n) is 3.14. The van der Waals surface area contributed by atoms with Gasteiger partial charge in [-0.1, -0.05) is 46.9 Å². The summed E-state index contributed by atoms with van der Waals surface area (Å²) in [4.78, 5) is 15.6. The van der Waals surface area contributed by atoms with Gasteiger partial charge in [0.25, 0.3) is 0 Å². The lowest BCUT2D eigenvalue weighted by Crippen LogP contribution is -2.23. The molecule has 28 heavy (non-hydrogen) atoms. The molecule has 1 fully saturated rings. The molecule has 1 saturated heterocycles. The van der Waals surface area contributed by atoms with Gasteiger partial charge in [0.05, 0.1) is 7.11 Å². The van der Waals surface area contributed by atoms with E-state index in [1.165, 1.54) is 25.9 Å². The summed E-state index contributed by atoms with van der Waals surface area (Å²) in [5.74, 6) is 1.89. The molecule has 0 amide bonds. The van der Waals surface area contributed by atoms with Crippen LogP contribution < -0.4 is 10.1 Å². The van der Waals surface area contributed by atoms with E-state index in [1.807, 2.05) is 24.3 Å². The highest BCUT2D eigenvalue weighted by Gasteiger charge is 2.28. The van der Waals surface area contributed by atoms with Gasteiger partial charge in [-0.05, 0) is 56.6 Å². The highest BCUT2D eigenvalue weighted by atomic mass is 35.6. The van der Waals surface area contributed by atoms with E-state index in [0.29, 0.717) is 18.2 Å². The molecule has 1 aliphatic rings. The Bertz CT molecular complexity index is 761. The fourth-order valence-corrected chi connectivity index (χ4v) is 3.39. The number of anilines is 1. The van der Waals surface area contributed by atoms with Crippen LogP contribution in [0.2, 0.25) is 0 Å². The van der Waals surface area contributed by atoms with Crippen molar-refractivity contribution in [3.63, 3.8) is 0 Å². The molecule has 6 nitrogen and oxygen atoms in total. The van der Waals surface area contributed by atoms with Gasteiger partial charge in [0.1, 0.15) is 11.6 Å². The summed E-state index contributed by atoms with van der Waals surface area (Å²) in [7, 11) is 1.63. The summed E-state index contributed by atoms with van der Waals surface area (Å²) in [5.41, 5.74) is 1.03. The zero-order valence-corrected chi connectivity index (χ0v) is 18.1. The molecular formula is C19H24Cl3N5O. The molecule has 1 aromatic carbocycles. The molecule has 2 heterocycles. The largest absolute Gasteiger partial charge is 0.497 e. The van der Waals surface area contributed by atoms with E-state index in [2.05, 4.69) is 25.2 Å². The van der Waals surface area contributed by atoms with E-state index in [0.717, 1.165) is 30.8 Å². The number of alkyl halides is 3. The maximum absolute atomic E-state index is 6.02. The molecule has 9 heteroatoms. The lowest BCUT2D eigenvalue weighted by atomic mass is 10.1. The van der Waals surface area contributed by atoms with Gasteiger partial charge in [0.15, 0.2) is 5.82 Å². The summed E-state index contributed by atoms with van der Waals surface area (Å²) >= 11 is 18.1. The zero-order chi connectivity index (χ0) is 20.0. The van der Waals surface area contributed by atoms with Gasteiger partial charge < -0.3 is 15.0 Å². The quantitative estimate of drug-likeness (QED) is 0.486. The third-order valence-electron chi connectivity index (χ3n) is 4.59. The van der Waals surface area contributed by atoms with Crippen molar-refractivity contribution in [1.29, 1.82) is 0 Å². The van der Waals surface area contributed by atoms with E-state index in [-0.39, 0.29) is 5.82 Å². The molecule has 1 aliphatic heterocycles. The third kappa shape index (κ3) is 6.34. The molecule has 0 bridgehead atoms. The van der Waals surface area contributed by atoms with E-state index in [1.54, 1.807) is 7.11 Å². The van der Waals surface area contributed by atoms with Crippen LogP contribution >= 0.6 is 34.8 Å². The minimum absolute atomic E-state index is 0.123. The van der Waals surface area contributed by atoms with Crippen LogP contribution in [0.4, 0.5) is 5.95 Å². The van der Waals surface area contributed by atoms with Crippen molar-refractivity contribution in [2.45, 2.75) is 29.5 Å². The van der Waals surface area contributed by atoms with E-state index < -0.39 is 3.79 Å². The SMILES string of the molecule is COc1ccc(Cc2nc(NCCCN3CCCC3)nc(C(Cl)(Cl)Cl)n2)cc1. The van der Waals surface area contributed by atoms with Crippen LogP contribution in [0.15, 0.2) is 24.3 Å². The molecule has 0 radical (unpaired) electrons. The Morgan fingerprint density at radius 2 is 1.79 bits per heavy atom. The highest BCUT2D eigenvalue weighted by molar-refractivity contribution is 6.66. The standard InChI is InChI=1S/C19H24Cl3N5O/c1-28-15-7-5-14(6-8-15)13-16-24-17(19(20,21)22)26-18(25-16)23-9-4-12-27-10-2-3-11-27/h5-8H,2-4,9-13H2,1H3,(H,23,24,25,26). The number of rotatable bonds is 8. The Balaban J connectivity index is 1.67. The number of methoxy groups -OCH3 is 1. The number of hydrogen-bond donors (Lipinski definition) is 1. The van der Waals surface area contributed by atoms with Crippen molar-refractivity contribution in [3.8, 4) is 5.75 Å². The van der Waals surface area contributed by atoms with Crippen LogP contribution in [0.25, 0.3) is 0 Å². The summed E-state index contributed by atoms with van der Waals surface area (Å²) in [6, 6.07) is 7.70. The summed E-state index contributed by atoms with van der Waals surface area (Å²) in [6.07, 6.45) is 4.09. The van der Waals surface area contributed by atoms with Crippen molar-refractivity contribution in [1.82, 2.24) is 19.9 Å². The van der Waals surface area contributed by atoms with E-state index in [4.69, 9.17) is 39.5 Å². The first-order valence-electron chi connectivity index (χ1n) is 9.35. The molecule has 0 atom stereocenters. The predicted octanol–water partition coefficient (Wildman–Crippen LogP) is 4.20. The molecule has 3 rings (SSSR count). The van der Waals surface area contributed by atoms with Gasteiger partial charge in [0, 0.05) is 13.0 Å². The lowest BCUT2D eigenvalue weighted by molar-refractivity contribution is 0.337. The van der Waals surface area contributed by atoms with Crippen LogP contribution in [0, 0.1) is 0 Å². The third-order valence-corrected chi connectivity index (χ3v) is 5.10. The summed E-state index contributed by atoms with van der Waals surface area (Å²) in [6.45, 7) is 4.19. The Hall–Kier alpha value is -1.34. The summed E-state index contributed by atoms with van der Waals surface area (Å²) < 4.78 is 3.48. The second-order valence-electron chi connectivity index (χ2n) is 6.75. The Morgan fingerprint density at radius 3 is 2.43 bits per heavy atom. The number of nitrogens with one attached hydrogen (secondary N) is 1. The van der Waals surface area contributed by atoms with E-state index in [9.17, 15) is 0 Å². The molecule has 1 aromatic heterocycles. The average Bonchev–Trinajstić information content (AvgIpc) is 3.18. The Labute approximate surface area is 180 Å². The van der Waals surface area contributed by atoms with Crippen molar-refractivity contribution in [3.05, 3.63) is 41.5 Å². The minimum Gasteiger partial charge on any atom is -0.497 e. The number of nitrogens with zero attached hydrogens (tertiary/aromatic N) is 4. The summed E-state index contributed by atoms with van der Waals surface area (Å²) in [5, 5.41) is 3.24. The number of benzene rings is 1. The number of halogens is 3. The predicted molar refractivity (Wildman–Crippen MR) is 114 cm³/mol. The topological polar surface area (TPSA) is 63.2 Å². The monoisotopic (exact) mass is 443 g/mol. The maximum atomic E-state index is 6.02. The fraction of sp³-hybridized carbons (Fsp3) is 0.526. The van der Waals surface area contributed by atoms with Crippen LogP contribution in [-0.4, -0.2) is 53.1 Å². The van der Waals surface area contributed by atoms with Crippen molar-refractivity contribution in [2.24, 2.45) is 0 Å². The van der Waals surface area contributed by atoms with E-state index >= 15 is 0 Å². The zero-order valence-electron chi connectivity index (χ0n) is 15.8. The second-order valence-corrected chi connectivity index (χ2v) is 9.03.